The van der Waals surface area contributed by atoms with Gasteiger partial charge in [-0.15, -0.1) is 0 Å². The first kappa shape index (κ1) is 26.6. The first-order valence-electron chi connectivity index (χ1n) is 12.4. The summed E-state index contributed by atoms with van der Waals surface area (Å²) in [6.07, 6.45) is -1.13. The van der Waals surface area contributed by atoms with Crippen LogP contribution in [0.15, 0.2) is 66.7 Å². The van der Waals surface area contributed by atoms with Crippen molar-refractivity contribution in [3.05, 3.63) is 95.1 Å². The number of aliphatic hydroxyl groups excluding tert-OH is 1. The molecule has 8 heteroatoms. The Morgan fingerprint density at radius 3 is 2.51 bits per heavy atom. The lowest BCUT2D eigenvalue weighted by Gasteiger charge is -2.30. The monoisotopic (exact) mass is 510 g/mol. The Labute approximate surface area is 215 Å². The second-order valence-electron chi connectivity index (χ2n) is 9.55. The molecule has 1 amide bonds. The number of fused-ring (bicyclic) bond motifs is 1. The maximum atomic E-state index is 13.8. The summed E-state index contributed by atoms with van der Waals surface area (Å²) in [5.41, 5.74) is 2.51. The first-order chi connectivity index (χ1) is 17.8. The smallest absolute Gasteiger partial charge is 0.412 e. The predicted molar refractivity (Wildman–Crippen MR) is 137 cm³/mol. The molecule has 37 heavy (non-hydrogen) atoms. The van der Waals surface area contributed by atoms with Crippen LogP contribution in [0.2, 0.25) is 0 Å². The van der Waals surface area contributed by atoms with Crippen molar-refractivity contribution in [1.82, 2.24) is 10.6 Å². The third kappa shape index (κ3) is 7.27. The number of aliphatic hydroxyl groups is 1. The average Bonchev–Trinajstić information content (AvgIpc) is 2.86. The van der Waals surface area contributed by atoms with Gasteiger partial charge in [-0.1, -0.05) is 44.2 Å². The minimum Gasteiger partial charge on any atom is -0.493 e. The number of halogens is 2. The largest absolute Gasteiger partial charge is 0.493 e. The van der Waals surface area contributed by atoms with Gasteiger partial charge in [-0.2, -0.15) is 0 Å². The van der Waals surface area contributed by atoms with E-state index in [4.69, 9.17) is 9.47 Å². The number of nitrogens with one attached hydrogen (secondary N) is 2. The predicted octanol–water partition coefficient (Wildman–Crippen LogP) is 5.26. The van der Waals surface area contributed by atoms with Gasteiger partial charge in [0.2, 0.25) is 0 Å². The van der Waals surface area contributed by atoms with Crippen LogP contribution in [-0.4, -0.2) is 36.5 Å². The quantitative estimate of drug-likeness (QED) is 0.366. The normalized spacial score (nSPS) is 16.4. The zero-order chi connectivity index (χ0) is 26.4. The summed E-state index contributed by atoms with van der Waals surface area (Å²) in [7, 11) is 0. The van der Waals surface area contributed by atoms with Crippen molar-refractivity contribution in [2.45, 2.75) is 50.8 Å². The highest BCUT2D eigenvalue weighted by atomic mass is 19.1. The molecular formula is C29H32F2N2O4. The molecule has 3 atom stereocenters. The lowest BCUT2D eigenvalue weighted by Crippen LogP contribution is -2.50. The zero-order valence-electron chi connectivity index (χ0n) is 20.9. The minimum atomic E-state index is -1.07. The Kier molecular flexibility index (Phi) is 8.74. The number of amides is 1. The third-order valence-corrected chi connectivity index (χ3v) is 6.41. The summed E-state index contributed by atoms with van der Waals surface area (Å²) >= 11 is 0. The number of rotatable bonds is 9. The topological polar surface area (TPSA) is 79.8 Å². The van der Waals surface area contributed by atoms with E-state index in [1.165, 1.54) is 17.7 Å². The van der Waals surface area contributed by atoms with E-state index in [0.29, 0.717) is 30.3 Å². The molecule has 0 saturated carbocycles. The van der Waals surface area contributed by atoms with Gasteiger partial charge in [0.15, 0.2) is 0 Å². The Bertz CT molecular complexity index is 1190. The molecule has 4 rings (SSSR count). The second-order valence-corrected chi connectivity index (χ2v) is 9.55. The average molecular weight is 511 g/mol. The summed E-state index contributed by atoms with van der Waals surface area (Å²) in [6, 6.07) is 16.9. The number of ether oxygens (including phenoxy) is 2. The van der Waals surface area contributed by atoms with Crippen molar-refractivity contribution >= 4 is 6.09 Å². The van der Waals surface area contributed by atoms with E-state index in [1.54, 1.807) is 30.3 Å². The minimum absolute atomic E-state index is 0.00325. The summed E-state index contributed by atoms with van der Waals surface area (Å²) < 4.78 is 38.7. The van der Waals surface area contributed by atoms with Crippen molar-refractivity contribution in [2.75, 3.05) is 13.2 Å². The highest BCUT2D eigenvalue weighted by Crippen LogP contribution is 2.34. The molecular weight excluding hydrogens is 478 g/mol. The van der Waals surface area contributed by atoms with Gasteiger partial charge in [0.25, 0.3) is 0 Å². The van der Waals surface area contributed by atoms with Crippen LogP contribution in [0.5, 0.6) is 11.5 Å². The molecule has 3 aromatic carbocycles. The molecule has 1 aliphatic heterocycles. The molecule has 0 spiro atoms. The number of hydrogen-bond acceptors (Lipinski definition) is 5. The van der Waals surface area contributed by atoms with Crippen LogP contribution < -0.4 is 20.1 Å². The van der Waals surface area contributed by atoms with Crippen LogP contribution in [-0.2, 0) is 6.42 Å². The lowest BCUT2D eigenvalue weighted by atomic mass is 9.94. The molecule has 0 radical (unpaired) electrons. The van der Waals surface area contributed by atoms with E-state index in [9.17, 15) is 18.7 Å². The highest BCUT2D eigenvalue weighted by Gasteiger charge is 2.27. The van der Waals surface area contributed by atoms with Crippen LogP contribution in [0.3, 0.4) is 0 Å². The molecule has 2 unspecified atom stereocenters. The van der Waals surface area contributed by atoms with Crippen molar-refractivity contribution in [2.24, 2.45) is 0 Å². The van der Waals surface area contributed by atoms with Crippen molar-refractivity contribution in [1.29, 1.82) is 0 Å². The zero-order valence-corrected chi connectivity index (χ0v) is 20.9. The fourth-order valence-electron chi connectivity index (χ4n) is 4.43. The van der Waals surface area contributed by atoms with Gasteiger partial charge < -0.3 is 25.2 Å². The van der Waals surface area contributed by atoms with Crippen molar-refractivity contribution in [3.63, 3.8) is 0 Å². The first-order valence-corrected chi connectivity index (χ1v) is 12.4. The molecule has 196 valence electrons. The van der Waals surface area contributed by atoms with Gasteiger partial charge in [-0.05, 0) is 53.8 Å². The Balaban J connectivity index is 1.48. The molecule has 3 aromatic rings. The molecule has 0 aliphatic carbocycles. The fraction of sp³-hybridized carbons (Fsp3) is 0.345. The molecule has 3 N–H and O–H groups in total. The SMILES string of the molecule is CC(C)c1ccc2c(c1)C(NCC(O)[C@H](Cc1cc(F)cc(F)c1)NC(=O)Oc1ccccc1)CCO2. The molecule has 6 nitrogen and oxygen atoms in total. The summed E-state index contributed by atoms with van der Waals surface area (Å²) in [5, 5.41) is 17.1. The van der Waals surface area contributed by atoms with Gasteiger partial charge in [0, 0.05) is 30.6 Å². The van der Waals surface area contributed by atoms with Gasteiger partial charge in [-0.25, -0.2) is 13.6 Å². The van der Waals surface area contributed by atoms with Gasteiger partial charge in [0.1, 0.15) is 23.1 Å². The Morgan fingerprint density at radius 2 is 1.81 bits per heavy atom. The summed E-state index contributed by atoms with van der Waals surface area (Å²) in [4.78, 5) is 12.6. The van der Waals surface area contributed by atoms with Crippen LogP contribution in [0.1, 0.15) is 48.9 Å². The molecule has 0 saturated heterocycles. The van der Waals surface area contributed by atoms with Crippen molar-refractivity contribution in [3.8, 4) is 11.5 Å². The van der Waals surface area contributed by atoms with E-state index in [0.717, 1.165) is 17.4 Å². The maximum absolute atomic E-state index is 13.8. The number of carbonyl (C=O) groups is 1. The number of carbonyl (C=O) groups excluding carboxylic acids is 1. The summed E-state index contributed by atoms with van der Waals surface area (Å²) in [6.45, 7) is 4.91. The second kappa shape index (κ2) is 12.2. The van der Waals surface area contributed by atoms with Crippen LogP contribution in [0, 0.1) is 11.6 Å². The molecule has 0 aromatic heterocycles. The molecule has 1 aliphatic rings. The van der Waals surface area contributed by atoms with E-state index in [1.807, 2.05) is 6.07 Å². The van der Waals surface area contributed by atoms with Gasteiger partial charge >= 0.3 is 6.09 Å². The van der Waals surface area contributed by atoms with E-state index < -0.39 is 29.9 Å². The van der Waals surface area contributed by atoms with E-state index in [2.05, 4.69) is 36.6 Å². The third-order valence-electron chi connectivity index (χ3n) is 6.41. The van der Waals surface area contributed by atoms with Crippen LogP contribution in [0.4, 0.5) is 13.6 Å². The summed E-state index contributed by atoms with van der Waals surface area (Å²) in [5.74, 6) is 0.0391. The number of para-hydroxylation sites is 1. The number of benzene rings is 3. The van der Waals surface area contributed by atoms with Gasteiger partial charge in [-0.3, -0.25) is 0 Å². The Hall–Kier alpha value is -3.49. The van der Waals surface area contributed by atoms with E-state index in [-0.39, 0.29) is 19.0 Å². The molecule has 0 fully saturated rings. The standard InChI is InChI=1S/C29H32F2N2O4/c1-18(2)20-8-9-28-24(15-20)25(10-11-36-28)32-17-27(34)26(14-19-12-21(30)16-22(31)13-19)33-29(35)37-23-6-4-3-5-7-23/h3-9,12-13,15-16,18,25-27,32,34H,10-11,14,17H2,1-2H3,(H,33,35)/t25?,26-,27?/m0/s1. The fourth-order valence-corrected chi connectivity index (χ4v) is 4.43. The molecule has 0 bridgehead atoms. The van der Waals surface area contributed by atoms with E-state index >= 15 is 0 Å². The number of hydrogen-bond donors (Lipinski definition) is 3. The lowest BCUT2D eigenvalue weighted by molar-refractivity contribution is 0.113. The van der Waals surface area contributed by atoms with Crippen LogP contribution in [0.25, 0.3) is 0 Å². The highest BCUT2D eigenvalue weighted by molar-refractivity contribution is 5.70. The van der Waals surface area contributed by atoms with Crippen molar-refractivity contribution < 1.29 is 28.2 Å². The van der Waals surface area contributed by atoms with Crippen LogP contribution >= 0.6 is 0 Å². The Morgan fingerprint density at radius 1 is 1.08 bits per heavy atom. The van der Waals surface area contributed by atoms with Gasteiger partial charge in [0.05, 0.1) is 18.8 Å². The molecule has 1 heterocycles. The maximum Gasteiger partial charge on any atom is 0.412 e.